The maximum atomic E-state index is 14.4. The van der Waals surface area contributed by atoms with Crippen LogP contribution < -0.4 is 15.4 Å². The molecule has 0 aliphatic carbocycles. The lowest BCUT2D eigenvalue weighted by Gasteiger charge is -2.31. The Morgan fingerprint density at radius 2 is 2.03 bits per heavy atom. The molecule has 0 spiro atoms. The van der Waals surface area contributed by atoms with Gasteiger partial charge in [-0.3, -0.25) is 14.8 Å². The van der Waals surface area contributed by atoms with Crippen LogP contribution in [0.2, 0.25) is 0 Å². The van der Waals surface area contributed by atoms with Gasteiger partial charge in [-0.2, -0.15) is 17.5 Å². The number of nitrogens with one attached hydrogen (secondary N) is 2. The maximum Gasteiger partial charge on any atom is 0.412 e. The first-order chi connectivity index (χ1) is 18.1. The molecular weight excluding hydrogens is 531 g/mol. The molecule has 2 aliphatic heterocycles. The van der Waals surface area contributed by atoms with Crippen molar-refractivity contribution in [2.45, 2.75) is 32.0 Å². The summed E-state index contributed by atoms with van der Waals surface area (Å²) >= 11 is 0.952. The van der Waals surface area contributed by atoms with Crippen LogP contribution in [0.4, 0.5) is 32.6 Å². The topological polar surface area (TPSA) is 91.2 Å². The standard InChI is InChI=1S/C24H27F5N6O2S/c1-14-21(23(38-34-14)33-20-12-30-19(11-31-20)24(27,28)29)22(36)32-16-2-3-17(26)18(10-16)37-13-15-4-7-35(8-5-15)9-6-25/h2-3,10,12,15,19H,4-9,11,13H2,1H3,(H,31,33)(H,32,36). The fraction of sp³-hybridized carbons (Fsp3) is 0.500. The predicted molar refractivity (Wildman–Crippen MR) is 136 cm³/mol. The smallest absolute Gasteiger partial charge is 0.412 e. The Bertz CT molecular complexity index is 1190. The summed E-state index contributed by atoms with van der Waals surface area (Å²) in [4.78, 5) is 22.4. The van der Waals surface area contributed by atoms with Gasteiger partial charge < -0.3 is 20.3 Å². The van der Waals surface area contributed by atoms with Gasteiger partial charge in [0.25, 0.3) is 5.91 Å². The van der Waals surface area contributed by atoms with Gasteiger partial charge in [-0.15, -0.1) is 0 Å². The molecule has 2 aromatic rings. The fourth-order valence-electron chi connectivity index (χ4n) is 4.12. The molecule has 1 saturated heterocycles. The number of hydrogen-bond donors (Lipinski definition) is 2. The number of ether oxygens (including phenoxy) is 1. The van der Waals surface area contributed by atoms with Crippen LogP contribution in [0.1, 0.15) is 28.9 Å². The molecule has 0 saturated carbocycles. The van der Waals surface area contributed by atoms with E-state index in [1.54, 1.807) is 6.92 Å². The molecule has 1 aromatic heterocycles. The number of likely N-dealkylation sites (tertiary alicyclic amines) is 1. The minimum absolute atomic E-state index is 0.000469. The van der Waals surface area contributed by atoms with Gasteiger partial charge in [0.2, 0.25) is 0 Å². The molecule has 2 N–H and O–H groups in total. The number of amidine groups is 1. The van der Waals surface area contributed by atoms with E-state index in [0.29, 0.717) is 24.5 Å². The zero-order valence-corrected chi connectivity index (χ0v) is 21.3. The zero-order valence-electron chi connectivity index (χ0n) is 20.5. The molecule has 0 bridgehead atoms. The van der Waals surface area contributed by atoms with E-state index in [1.807, 2.05) is 4.90 Å². The van der Waals surface area contributed by atoms with E-state index in [9.17, 15) is 26.7 Å². The lowest BCUT2D eigenvalue weighted by atomic mass is 9.98. The number of hydrogen-bond acceptors (Lipinski definition) is 8. The largest absolute Gasteiger partial charge is 0.490 e. The van der Waals surface area contributed by atoms with Crippen molar-refractivity contribution < 1.29 is 31.5 Å². The summed E-state index contributed by atoms with van der Waals surface area (Å²) < 4.78 is 75.2. The Morgan fingerprint density at radius 1 is 1.26 bits per heavy atom. The molecule has 38 heavy (non-hydrogen) atoms. The van der Waals surface area contributed by atoms with E-state index in [-0.39, 0.29) is 34.7 Å². The summed E-state index contributed by atoms with van der Waals surface area (Å²) in [7, 11) is 0. The number of halogens is 5. The van der Waals surface area contributed by atoms with Gasteiger partial charge in [0.15, 0.2) is 17.6 Å². The number of rotatable bonds is 8. The minimum atomic E-state index is -4.48. The van der Waals surface area contributed by atoms with Gasteiger partial charge >= 0.3 is 6.18 Å². The van der Waals surface area contributed by atoms with Gasteiger partial charge in [0.05, 0.1) is 30.6 Å². The van der Waals surface area contributed by atoms with Crippen LogP contribution in [0, 0.1) is 18.7 Å². The quantitative estimate of drug-likeness (QED) is 0.458. The highest BCUT2D eigenvalue weighted by atomic mass is 32.1. The average Bonchev–Trinajstić information content (AvgIpc) is 3.25. The minimum Gasteiger partial charge on any atom is -0.490 e. The third-order valence-electron chi connectivity index (χ3n) is 6.29. The van der Waals surface area contributed by atoms with Crippen molar-refractivity contribution in [1.29, 1.82) is 0 Å². The van der Waals surface area contributed by atoms with Crippen molar-refractivity contribution in [3.05, 3.63) is 35.3 Å². The van der Waals surface area contributed by atoms with Crippen LogP contribution in [0.15, 0.2) is 28.2 Å². The van der Waals surface area contributed by atoms with Crippen molar-refractivity contribution in [3.63, 3.8) is 0 Å². The van der Waals surface area contributed by atoms with Crippen molar-refractivity contribution in [1.82, 2.24) is 9.27 Å². The summed E-state index contributed by atoms with van der Waals surface area (Å²) in [6, 6.07) is 2.08. The summed E-state index contributed by atoms with van der Waals surface area (Å²) in [5.74, 6) is -0.816. The van der Waals surface area contributed by atoms with E-state index in [0.717, 1.165) is 43.7 Å². The zero-order chi connectivity index (χ0) is 27.3. The third-order valence-corrected chi connectivity index (χ3v) is 7.15. The van der Waals surface area contributed by atoms with E-state index in [4.69, 9.17) is 4.74 Å². The first-order valence-electron chi connectivity index (χ1n) is 12.0. The SMILES string of the molecule is Cc1nsc(NC2=NCC(C(F)(F)F)N=C2)c1C(=O)Nc1ccc(F)c(OCC2CCN(CCF)CC2)c1. The van der Waals surface area contributed by atoms with Crippen LogP contribution in [-0.4, -0.2) is 78.9 Å². The summed E-state index contributed by atoms with van der Waals surface area (Å²) in [5.41, 5.74) is 0.871. The average molecular weight is 559 g/mol. The molecule has 1 amide bonds. The molecule has 1 aromatic carbocycles. The van der Waals surface area contributed by atoms with E-state index in [1.165, 1.54) is 18.2 Å². The summed E-state index contributed by atoms with van der Waals surface area (Å²) in [5, 5.41) is 5.79. The number of carbonyl (C=O) groups excluding carboxylic acids is 1. The predicted octanol–water partition coefficient (Wildman–Crippen LogP) is 4.73. The molecule has 206 valence electrons. The third kappa shape index (κ3) is 7.04. The number of anilines is 2. The molecule has 8 nitrogen and oxygen atoms in total. The first-order valence-corrected chi connectivity index (χ1v) is 12.8. The molecule has 2 aliphatic rings. The first kappa shape index (κ1) is 27.9. The highest BCUT2D eigenvalue weighted by Gasteiger charge is 2.40. The lowest BCUT2D eigenvalue weighted by Crippen LogP contribution is -2.36. The van der Waals surface area contributed by atoms with E-state index < -0.39 is 30.5 Å². The van der Waals surface area contributed by atoms with Crippen molar-refractivity contribution in [2.24, 2.45) is 15.9 Å². The number of nitrogens with zero attached hydrogens (tertiary/aromatic N) is 4. The highest BCUT2D eigenvalue weighted by Crippen LogP contribution is 2.29. The van der Waals surface area contributed by atoms with Crippen molar-refractivity contribution in [2.75, 3.05) is 50.1 Å². The molecule has 4 rings (SSSR count). The summed E-state index contributed by atoms with van der Waals surface area (Å²) in [6.07, 6.45) is -1.85. The molecular formula is C24H27F5N6O2S. The van der Waals surface area contributed by atoms with E-state index >= 15 is 0 Å². The highest BCUT2D eigenvalue weighted by molar-refractivity contribution is 7.11. The Morgan fingerprint density at radius 3 is 2.68 bits per heavy atom. The van der Waals surface area contributed by atoms with Crippen LogP contribution in [-0.2, 0) is 0 Å². The number of aliphatic imine (C=N–C) groups is 2. The number of aromatic nitrogens is 1. The van der Waals surface area contributed by atoms with Gasteiger partial charge in [-0.1, -0.05) is 0 Å². The molecule has 3 heterocycles. The molecule has 1 fully saturated rings. The number of benzene rings is 1. The van der Waals surface area contributed by atoms with Crippen molar-refractivity contribution >= 4 is 40.2 Å². The fourth-order valence-corrected chi connectivity index (χ4v) is 4.92. The molecule has 0 radical (unpaired) electrons. The second-order valence-electron chi connectivity index (χ2n) is 9.04. The van der Waals surface area contributed by atoms with Crippen molar-refractivity contribution in [3.8, 4) is 5.75 Å². The van der Waals surface area contributed by atoms with Crippen LogP contribution in [0.5, 0.6) is 5.75 Å². The van der Waals surface area contributed by atoms with Crippen LogP contribution in [0.25, 0.3) is 0 Å². The van der Waals surface area contributed by atoms with E-state index in [2.05, 4.69) is 25.0 Å². The van der Waals surface area contributed by atoms with Gasteiger partial charge in [-0.25, -0.2) is 8.78 Å². The van der Waals surface area contributed by atoms with Crippen LogP contribution in [0.3, 0.4) is 0 Å². The Hall–Kier alpha value is -3.13. The lowest BCUT2D eigenvalue weighted by molar-refractivity contribution is -0.144. The Labute approximate surface area is 220 Å². The number of aryl methyl sites for hydroxylation is 1. The van der Waals surface area contributed by atoms with Gasteiger partial charge in [0, 0.05) is 18.3 Å². The molecule has 1 unspecified atom stereocenters. The maximum absolute atomic E-state index is 14.4. The second-order valence-corrected chi connectivity index (χ2v) is 9.82. The monoisotopic (exact) mass is 558 g/mol. The number of amides is 1. The van der Waals surface area contributed by atoms with Crippen LogP contribution >= 0.6 is 11.5 Å². The van der Waals surface area contributed by atoms with Gasteiger partial charge in [0.1, 0.15) is 17.5 Å². The molecule has 14 heteroatoms. The number of piperidine rings is 1. The normalized spacial score (nSPS) is 18.8. The van der Waals surface area contributed by atoms with Gasteiger partial charge in [-0.05, 0) is 62.4 Å². The molecule has 1 atom stereocenters. The second kappa shape index (κ2) is 12.2. The summed E-state index contributed by atoms with van der Waals surface area (Å²) in [6.45, 7) is 2.93. The Kier molecular flexibility index (Phi) is 8.92. The number of carbonyl (C=O) groups is 1. The number of alkyl halides is 4. The Balaban J connectivity index is 1.37.